The minimum atomic E-state index is -4.28. The number of halogens is 3. The van der Waals surface area contributed by atoms with Crippen molar-refractivity contribution in [2.24, 2.45) is 11.0 Å². The highest BCUT2D eigenvalue weighted by molar-refractivity contribution is 6.39. The molecule has 1 unspecified atom stereocenters. The standard InChI is InChI=1S/C12H16F3N3O2/c1-17-10(19)5-4-9(16-17)11(20)18-6-2-3-8(7-18)12(13,14)15/h8H,2-7H2,1H3. The second-order valence-electron chi connectivity index (χ2n) is 5.10. The van der Waals surface area contributed by atoms with Crippen LogP contribution in [-0.4, -0.2) is 53.7 Å². The average molecular weight is 291 g/mol. The number of hydrogen-bond donors (Lipinski definition) is 0. The van der Waals surface area contributed by atoms with E-state index in [1.54, 1.807) is 0 Å². The van der Waals surface area contributed by atoms with Crippen LogP contribution in [0.2, 0.25) is 0 Å². The fourth-order valence-electron chi connectivity index (χ4n) is 2.43. The summed E-state index contributed by atoms with van der Waals surface area (Å²) < 4.78 is 38.1. The number of piperidine rings is 1. The second-order valence-corrected chi connectivity index (χ2v) is 5.10. The first kappa shape index (κ1) is 14.8. The maximum atomic E-state index is 12.7. The van der Waals surface area contributed by atoms with Crippen molar-refractivity contribution in [3.63, 3.8) is 0 Å². The van der Waals surface area contributed by atoms with Crippen molar-refractivity contribution in [3.8, 4) is 0 Å². The molecule has 0 N–H and O–H groups in total. The van der Waals surface area contributed by atoms with Crippen LogP contribution < -0.4 is 0 Å². The first-order valence-corrected chi connectivity index (χ1v) is 6.49. The summed E-state index contributed by atoms with van der Waals surface area (Å²) in [5, 5.41) is 4.92. The van der Waals surface area contributed by atoms with Crippen LogP contribution in [0.4, 0.5) is 13.2 Å². The maximum absolute atomic E-state index is 12.7. The fourth-order valence-corrected chi connectivity index (χ4v) is 2.43. The number of likely N-dealkylation sites (tertiary alicyclic amines) is 1. The van der Waals surface area contributed by atoms with E-state index in [4.69, 9.17) is 0 Å². The minimum absolute atomic E-state index is 0.0537. The maximum Gasteiger partial charge on any atom is 0.393 e. The Hall–Kier alpha value is -1.60. The van der Waals surface area contributed by atoms with Crippen LogP contribution in [-0.2, 0) is 9.59 Å². The topological polar surface area (TPSA) is 53.0 Å². The van der Waals surface area contributed by atoms with Crippen molar-refractivity contribution in [2.75, 3.05) is 20.1 Å². The normalized spacial score (nSPS) is 24.7. The third-order valence-corrected chi connectivity index (χ3v) is 3.63. The lowest BCUT2D eigenvalue weighted by molar-refractivity contribution is -0.187. The van der Waals surface area contributed by atoms with Gasteiger partial charge in [0.15, 0.2) is 0 Å². The Bertz CT molecular complexity index is 448. The van der Waals surface area contributed by atoms with E-state index in [1.165, 1.54) is 11.9 Å². The van der Waals surface area contributed by atoms with Crippen LogP contribution in [0.1, 0.15) is 25.7 Å². The number of hydrogen-bond acceptors (Lipinski definition) is 3. The smallest absolute Gasteiger partial charge is 0.337 e. The highest BCUT2D eigenvalue weighted by atomic mass is 19.4. The molecule has 0 aromatic carbocycles. The molecule has 5 nitrogen and oxygen atoms in total. The lowest BCUT2D eigenvalue weighted by Crippen LogP contribution is -2.48. The zero-order valence-corrected chi connectivity index (χ0v) is 11.1. The number of nitrogens with zero attached hydrogens (tertiary/aromatic N) is 3. The summed E-state index contributed by atoms with van der Waals surface area (Å²) in [5.41, 5.74) is 0.162. The third-order valence-electron chi connectivity index (χ3n) is 3.63. The molecule has 112 valence electrons. The van der Waals surface area contributed by atoms with Crippen molar-refractivity contribution < 1.29 is 22.8 Å². The monoisotopic (exact) mass is 291 g/mol. The van der Waals surface area contributed by atoms with Crippen LogP contribution in [0.5, 0.6) is 0 Å². The van der Waals surface area contributed by atoms with Gasteiger partial charge in [-0.15, -0.1) is 0 Å². The lowest BCUT2D eigenvalue weighted by Gasteiger charge is -2.34. The molecule has 0 spiro atoms. The molecule has 0 aromatic heterocycles. The summed E-state index contributed by atoms with van der Waals surface area (Å²) >= 11 is 0. The lowest BCUT2D eigenvalue weighted by atomic mass is 9.97. The Kier molecular flexibility index (Phi) is 4.01. The summed E-state index contributed by atoms with van der Waals surface area (Å²) in [7, 11) is 1.43. The Labute approximate surface area is 114 Å². The number of alkyl halides is 3. The van der Waals surface area contributed by atoms with Crippen LogP contribution in [0, 0.1) is 5.92 Å². The molecule has 0 saturated carbocycles. The second kappa shape index (κ2) is 5.41. The zero-order chi connectivity index (χ0) is 14.9. The Balaban J connectivity index is 2.06. The average Bonchev–Trinajstić information content (AvgIpc) is 2.40. The molecule has 2 amide bonds. The Morgan fingerprint density at radius 1 is 1.35 bits per heavy atom. The Morgan fingerprint density at radius 2 is 2.05 bits per heavy atom. The molecule has 8 heteroatoms. The molecular weight excluding hydrogens is 275 g/mol. The number of carbonyl (C=O) groups excluding carboxylic acids is 2. The summed E-state index contributed by atoms with van der Waals surface area (Å²) in [5.74, 6) is -2.16. The van der Waals surface area contributed by atoms with Gasteiger partial charge < -0.3 is 4.90 Å². The van der Waals surface area contributed by atoms with Crippen LogP contribution in [0.25, 0.3) is 0 Å². The van der Waals surface area contributed by atoms with Crippen LogP contribution >= 0.6 is 0 Å². The predicted molar refractivity (Wildman–Crippen MR) is 64.8 cm³/mol. The quantitative estimate of drug-likeness (QED) is 0.733. The first-order valence-electron chi connectivity index (χ1n) is 6.49. The van der Waals surface area contributed by atoms with Gasteiger partial charge in [0, 0.05) is 33.0 Å². The molecule has 0 radical (unpaired) electrons. The van der Waals surface area contributed by atoms with Crippen molar-refractivity contribution in [2.45, 2.75) is 31.9 Å². The van der Waals surface area contributed by atoms with Crippen LogP contribution in [0.3, 0.4) is 0 Å². The molecule has 2 aliphatic rings. The molecule has 0 aliphatic carbocycles. The van der Waals surface area contributed by atoms with Crippen molar-refractivity contribution in [3.05, 3.63) is 0 Å². The van der Waals surface area contributed by atoms with Gasteiger partial charge in [-0.05, 0) is 12.8 Å². The molecule has 0 bridgehead atoms. The van der Waals surface area contributed by atoms with E-state index in [0.29, 0.717) is 13.0 Å². The van der Waals surface area contributed by atoms with Gasteiger partial charge in [-0.1, -0.05) is 0 Å². The molecule has 1 atom stereocenters. The van der Waals surface area contributed by atoms with Gasteiger partial charge >= 0.3 is 6.18 Å². The van der Waals surface area contributed by atoms with Gasteiger partial charge in [0.05, 0.1) is 5.92 Å². The first-order chi connectivity index (χ1) is 9.29. The van der Waals surface area contributed by atoms with E-state index in [-0.39, 0.29) is 37.4 Å². The molecular formula is C12H16F3N3O2. The summed E-state index contributed by atoms with van der Waals surface area (Å²) in [6, 6.07) is 0. The number of amides is 2. The van der Waals surface area contributed by atoms with Crippen LogP contribution in [0.15, 0.2) is 5.10 Å². The van der Waals surface area contributed by atoms with Crippen molar-refractivity contribution in [1.29, 1.82) is 0 Å². The predicted octanol–water partition coefficient (Wildman–Crippen LogP) is 1.40. The number of rotatable bonds is 1. The highest BCUT2D eigenvalue weighted by Gasteiger charge is 2.43. The van der Waals surface area contributed by atoms with E-state index in [9.17, 15) is 22.8 Å². The highest BCUT2D eigenvalue weighted by Crippen LogP contribution is 2.33. The SMILES string of the molecule is CN1N=C(C(=O)N2CCCC(C(F)(F)F)C2)CCC1=O. The third kappa shape index (κ3) is 3.10. The number of hydrazone groups is 1. The van der Waals surface area contributed by atoms with Gasteiger partial charge in [0.25, 0.3) is 5.91 Å². The molecule has 0 aromatic rings. The molecule has 2 heterocycles. The molecule has 1 saturated heterocycles. The van der Waals surface area contributed by atoms with Crippen molar-refractivity contribution in [1.82, 2.24) is 9.91 Å². The van der Waals surface area contributed by atoms with E-state index >= 15 is 0 Å². The summed E-state index contributed by atoms with van der Waals surface area (Å²) in [4.78, 5) is 24.6. The zero-order valence-electron chi connectivity index (χ0n) is 11.1. The molecule has 2 rings (SSSR count). The summed E-state index contributed by atoms with van der Waals surface area (Å²) in [6.45, 7) is -0.0128. The molecule has 2 aliphatic heterocycles. The van der Waals surface area contributed by atoms with E-state index in [0.717, 1.165) is 5.01 Å². The molecule has 1 fully saturated rings. The largest absolute Gasteiger partial charge is 0.393 e. The van der Waals surface area contributed by atoms with E-state index in [1.807, 2.05) is 0 Å². The Morgan fingerprint density at radius 3 is 2.65 bits per heavy atom. The minimum Gasteiger partial charge on any atom is -0.337 e. The fraction of sp³-hybridized carbons (Fsp3) is 0.750. The summed E-state index contributed by atoms with van der Waals surface area (Å²) in [6.07, 6.45) is -3.54. The molecule has 20 heavy (non-hydrogen) atoms. The van der Waals surface area contributed by atoms with Gasteiger partial charge in [0.2, 0.25) is 5.91 Å². The van der Waals surface area contributed by atoms with E-state index < -0.39 is 18.0 Å². The van der Waals surface area contributed by atoms with Gasteiger partial charge in [-0.2, -0.15) is 18.3 Å². The van der Waals surface area contributed by atoms with Crippen molar-refractivity contribution >= 4 is 17.5 Å². The van der Waals surface area contributed by atoms with E-state index in [2.05, 4.69) is 5.10 Å². The van der Waals surface area contributed by atoms with Gasteiger partial charge in [0.1, 0.15) is 5.71 Å². The van der Waals surface area contributed by atoms with Gasteiger partial charge in [-0.25, -0.2) is 5.01 Å². The van der Waals surface area contributed by atoms with Gasteiger partial charge in [-0.3, -0.25) is 9.59 Å². The number of carbonyl (C=O) groups is 2.